The molecule has 1 aliphatic heterocycles. The molecule has 2 fully saturated rings. The molecule has 1 saturated heterocycles. The summed E-state index contributed by atoms with van der Waals surface area (Å²) in [5.41, 5.74) is 1.47. The Bertz CT molecular complexity index is 937. The molecule has 150 valence electrons. The number of nitrogens with zero attached hydrogens (tertiary/aromatic N) is 4. The third-order valence-electron chi connectivity index (χ3n) is 5.67. The second-order valence-corrected chi connectivity index (χ2v) is 8.37. The lowest BCUT2D eigenvalue weighted by Crippen LogP contribution is -2.56. The number of aliphatic hydroxyl groups excluding tert-OH is 1. The van der Waals surface area contributed by atoms with Crippen molar-refractivity contribution in [2.75, 3.05) is 19.6 Å². The number of hydrogen-bond donors (Lipinski definition) is 1. The number of hydrogen-bond acceptors (Lipinski definition) is 4. The standard InChI is InChI=1S/C19H22Cl2N4O3/c1-11-8-12(20)9-15-17(21)18(22-25(11)15)19(28)23-6-7-24(16(27)10-23)13-2-4-14(26)5-3-13/h8-9,13-14,26H,2-7,10H2,1H3. The largest absolute Gasteiger partial charge is 0.393 e. The van der Waals surface area contributed by atoms with Gasteiger partial charge in [-0.25, -0.2) is 4.52 Å². The van der Waals surface area contributed by atoms with Crippen LogP contribution in [0.1, 0.15) is 41.9 Å². The smallest absolute Gasteiger partial charge is 0.276 e. The average molecular weight is 425 g/mol. The summed E-state index contributed by atoms with van der Waals surface area (Å²) in [4.78, 5) is 29.0. The van der Waals surface area contributed by atoms with E-state index in [0.29, 0.717) is 23.6 Å². The van der Waals surface area contributed by atoms with Gasteiger partial charge in [0.25, 0.3) is 5.91 Å². The number of carbonyl (C=O) groups excluding carboxylic acids is 2. The van der Waals surface area contributed by atoms with Gasteiger partial charge in [-0.3, -0.25) is 9.59 Å². The van der Waals surface area contributed by atoms with Crippen molar-refractivity contribution in [3.8, 4) is 0 Å². The third kappa shape index (κ3) is 3.47. The summed E-state index contributed by atoms with van der Waals surface area (Å²) in [6.07, 6.45) is 2.78. The Morgan fingerprint density at radius 2 is 1.89 bits per heavy atom. The Labute approximate surface area is 172 Å². The molecule has 3 heterocycles. The topological polar surface area (TPSA) is 78.2 Å². The van der Waals surface area contributed by atoms with Crippen molar-refractivity contribution < 1.29 is 14.7 Å². The van der Waals surface area contributed by atoms with Crippen LogP contribution in [0.25, 0.3) is 5.52 Å². The van der Waals surface area contributed by atoms with Gasteiger partial charge in [-0.15, -0.1) is 0 Å². The predicted molar refractivity (Wildman–Crippen MR) is 106 cm³/mol. The van der Waals surface area contributed by atoms with E-state index in [1.54, 1.807) is 16.6 Å². The van der Waals surface area contributed by atoms with Crippen molar-refractivity contribution in [3.63, 3.8) is 0 Å². The number of aliphatic hydroxyl groups is 1. The number of piperazine rings is 1. The molecule has 0 aromatic carbocycles. The highest BCUT2D eigenvalue weighted by Gasteiger charge is 2.35. The number of aromatic nitrogens is 2. The van der Waals surface area contributed by atoms with Gasteiger partial charge in [0.15, 0.2) is 5.69 Å². The average Bonchev–Trinajstić information content (AvgIpc) is 2.99. The van der Waals surface area contributed by atoms with Crippen LogP contribution in [0.5, 0.6) is 0 Å². The maximum absolute atomic E-state index is 13.0. The van der Waals surface area contributed by atoms with Gasteiger partial charge in [-0.05, 0) is 44.7 Å². The molecule has 2 amide bonds. The first-order chi connectivity index (χ1) is 13.3. The molecule has 0 bridgehead atoms. The number of halogens is 2. The van der Waals surface area contributed by atoms with Gasteiger partial charge in [0.1, 0.15) is 6.54 Å². The van der Waals surface area contributed by atoms with Crippen LogP contribution in [0.3, 0.4) is 0 Å². The first kappa shape index (κ1) is 19.5. The van der Waals surface area contributed by atoms with E-state index < -0.39 is 0 Å². The molecule has 2 aliphatic rings. The molecular weight excluding hydrogens is 403 g/mol. The predicted octanol–water partition coefficient (Wildman–Crippen LogP) is 2.54. The highest BCUT2D eigenvalue weighted by Crippen LogP contribution is 2.28. The van der Waals surface area contributed by atoms with Crippen LogP contribution in [-0.2, 0) is 4.79 Å². The number of aryl methyl sites for hydroxylation is 1. The third-order valence-corrected chi connectivity index (χ3v) is 6.26. The van der Waals surface area contributed by atoms with Crippen molar-refractivity contribution in [2.45, 2.75) is 44.8 Å². The second-order valence-electron chi connectivity index (χ2n) is 7.55. The van der Waals surface area contributed by atoms with Gasteiger partial charge in [0, 0.05) is 29.8 Å². The highest BCUT2D eigenvalue weighted by atomic mass is 35.5. The normalized spacial score (nSPS) is 23.5. The molecule has 0 unspecified atom stereocenters. The summed E-state index contributed by atoms with van der Waals surface area (Å²) < 4.78 is 1.59. The summed E-state index contributed by atoms with van der Waals surface area (Å²) in [5, 5.41) is 14.8. The molecule has 28 heavy (non-hydrogen) atoms. The molecule has 2 aromatic heterocycles. The van der Waals surface area contributed by atoms with Crippen molar-refractivity contribution >= 4 is 40.5 Å². The minimum absolute atomic E-state index is 0.0157. The summed E-state index contributed by atoms with van der Waals surface area (Å²) in [6.45, 7) is 2.77. The quantitative estimate of drug-likeness (QED) is 0.803. The van der Waals surface area contributed by atoms with Gasteiger partial charge in [0.2, 0.25) is 5.91 Å². The van der Waals surface area contributed by atoms with Gasteiger partial charge >= 0.3 is 0 Å². The zero-order valence-corrected chi connectivity index (χ0v) is 17.1. The lowest BCUT2D eigenvalue weighted by molar-refractivity contribution is -0.138. The number of carbonyl (C=O) groups is 2. The molecule has 0 radical (unpaired) electrons. The fourth-order valence-corrected chi connectivity index (χ4v) is 4.66. The molecule has 2 aromatic rings. The Morgan fingerprint density at radius 1 is 1.18 bits per heavy atom. The fourth-order valence-electron chi connectivity index (χ4n) is 4.14. The number of rotatable bonds is 2. The molecule has 0 spiro atoms. The molecule has 4 rings (SSSR count). The fraction of sp³-hybridized carbons (Fsp3) is 0.526. The van der Waals surface area contributed by atoms with Crippen molar-refractivity contribution in [1.29, 1.82) is 0 Å². The number of amides is 2. The lowest BCUT2D eigenvalue weighted by atomic mass is 9.91. The van der Waals surface area contributed by atoms with E-state index in [0.717, 1.165) is 31.4 Å². The van der Waals surface area contributed by atoms with Crippen LogP contribution in [0.4, 0.5) is 0 Å². The maximum atomic E-state index is 13.0. The van der Waals surface area contributed by atoms with E-state index in [1.165, 1.54) is 4.90 Å². The Morgan fingerprint density at radius 3 is 2.57 bits per heavy atom. The summed E-state index contributed by atoms with van der Waals surface area (Å²) in [7, 11) is 0. The molecule has 1 N–H and O–H groups in total. The zero-order chi connectivity index (χ0) is 20.0. The summed E-state index contributed by atoms with van der Waals surface area (Å²) >= 11 is 12.5. The Kier molecular flexibility index (Phi) is 5.24. The van der Waals surface area contributed by atoms with E-state index in [1.807, 2.05) is 11.8 Å². The second kappa shape index (κ2) is 7.54. The van der Waals surface area contributed by atoms with Gasteiger partial charge < -0.3 is 14.9 Å². The monoisotopic (exact) mass is 424 g/mol. The van der Waals surface area contributed by atoms with Gasteiger partial charge in [0.05, 0.1) is 16.6 Å². The molecule has 7 nitrogen and oxygen atoms in total. The van der Waals surface area contributed by atoms with E-state index >= 15 is 0 Å². The minimum atomic E-state index is -0.351. The van der Waals surface area contributed by atoms with Crippen LogP contribution >= 0.6 is 23.2 Å². The van der Waals surface area contributed by atoms with Crippen LogP contribution in [0, 0.1) is 6.92 Å². The van der Waals surface area contributed by atoms with Crippen molar-refractivity contribution in [1.82, 2.24) is 19.4 Å². The highest BCUT2D eigenvalue weighted by molar-refractivity contribution is 6.37. The Balaban J connectivity index is 1.51. The summed E-state index contributed by atoms with van der Waals surface area (Å²) in [5.74, 6) is -0.420. The van der Waals surface area contributed by atoms with E-state index in [-0.39, 0.29) is 41.2 Å². The Hall–Kier alpha value is -1.83. The van der Waals surface area contributed by atoms with Crippen LogP contribution in [0.2, 0.25) is 10.0 Å². The van der Waals surface area contributed by atoms with Crippen LogP contribution in [0.15, 0.2) is 12.1 Å². The zero-order valence-electron chi connectivity index (χ0n) is 15.6. The van der Waals surface area contributed by atoms with E-state index in [2.05, 4.69) is 5.10 Å². The maximum Gasteiger partial charge on any atom is 0.276 e. The van der Waals surface area contributed by atoms with Crippen molar-refractivity contribution in [2.24, 2.45) is 0 Å². The molecule has 1 aliphatic carbocycles. The van der Waals surface area contributed by atoms with Crippen LogP contribution < -0.4 is 0 Å². The minimum Gasteiger partial charge on any atom is -0.393 e. The molecule has 9 heteroatoms. The van der Waals surface area contributed by atoms with Gasteiger partial charge in [-0.2, -0.15) is 5.10 Å². The first-order valence-corrected chi connectivity index (χ1v) is 10.2. The van der Waals surface area contributed by atoms with Crippen LogP contribution in [-0.4, -0.2) is 68.1 Å². The molecular formula is C19H22Cl2N4O3. The number of fused-ring (bicyclic) bond motifs is 1. The summed E-state index contributed by atoms with van der Waals surface area (Å²) in [6, 6.07) is 3.56. The van der Waals surface area contributed by atoms with E-state index in [4.69, 9.17) is 23.2 Å². The molecule has 0 atom stereocenters. The molecule has 1 saturated carbocycles. The first-order valence-electron chi connectivity index (χ1n) is 9.46. The number of pyridine rings is 1. The lowest BCUT2D eigenvalue weighted by Gasteiger charge is -2.41. The van der Waals surface area contributed by atoms with Gasteiger partial charge in [-0.1, -0.05) is 23.2 Å². The SMILES string of the molecule is Cc1cc(Cl)cc2c(Cl)c(C(=O)N3CCN(C4CCC(O)CC4)C(=O)C3)nn12. The van der Waals surface area contributed by atoms with E-state index in [9.17, 15) is 14.7 Å². The van der Waals surface area contributed by atoms with Crippen molar-refractivity contribution in [3.05, 3.63) is 33.6 Å².